The molecule has 2 atom stereocenters. The molecule has 0 aliphatic carbocycles. The summed E-state index contributed by atoms with van der Waals surface area (Å²) in [5.74, 6) is 0.703. The lowest BCUT2D eigenvalue weighted by molar-refractivity contribution is 0.0604. The normalized spacial score (nSPS) is 20.5. The van der Waals surface area contributed by atoms with Crippen LogP contribution in [0, 0.1) is 11.3 Å². The molecular formula is C24H27N3O3. The molecule has 0 bridgehead atoms. The summed E-state index contributed by atoms with van der Waals surface area (Å²) < 4.78 is 11.4. The number of rotatable bonds is 6. The van der Waals surface area contributed by atoms with E-state index in [0.29, 0.717) is 44.1 Å². The summed E-state index contributed by atoms with van der Waals surface area (Å²) in [7, 11) is 0. The number of benzene rings is 2. The molecule has 4 rings (SSSR count). The monoisotopic (exact) mass is 405 g/mol. The maximum absolute atomic E-state index is 13.0. The van der Waals surface area contributed by atoms with Gasteiger partial charge < -0.3 is 14.4 Å². The molecule has 0 spiro atoms. The van der Waals surface area contributed by atoms with Crippen LogP contribution >= 0.6 is 0 Å². The molecule has 0 radical (unpaired) electrons. The van der Waals surface area contributed by atoms with Crippen LogP contribution in [-0.4, -0.2) is 61.2 Å². The van der Waals surface area contributed by atoms with Crippen molar-refractivity contribution in [1.82, 2.24) is 9.80 Å². The van der Waals surface area contributed by atoms with Crippen molar-refractivity contribution < 1.29 is 14.3 Å². The van der Waals surface area contributed by atoms with E-state index < -0.39 is 0 Å². The zero-order valence-corrected chi connectivity index (χ0v) is 17.1. The molecule has 2 unspecified atom stereocenters. The minimum absolute atomic E-state index is 0.00503. The molecule has 1 amide bonds. The molecule has 156 valence electrons. The molecule has 2 aromatic rings. The molecule has 0 N–H and O–H groups in total. The lowest BCUT2D eigenvalue weighted by Gasteiger charge is -2.37. The predicted octanol–water partition coefficient (Wildman–Crippen LogP) is 3.27. The number of carbonyl (C=O) groups is 1. The number of hydrogen-bond donors (Lipinski definition) is 0. The van der Waals surface area contributed by atoms with E-state index in [1.54, 1.807) is 0 Å². The van der Waals surface area contributed by atoms with Gasteiger partial charge in [-0.25, -0.2) is 0 Å². The molecule has 2 aliphatic heterocycles. The molecule has 30 heavy (non-hydrogen) atoms. The summed E-state index contributed by atoms with van der Waals surface area (Å²) in [4.78, 5) is 17.0. The molecule has 2 fully saturated rings. The van der Waals surface area contributed by atoms with E-state index in [1.165, 1.54) is 0 Å². The Morgan fingerprint density at radius 2 is 1.93 bits per heavy atom. The number of nitriles is 1. The average Bonchev–Trinajstić information content (AvgIpc) is 3.33. The van der Waals surface area contributed by atoms with Crippen molar-refractivity contribution in [1.29, 1.82) is 5.26 Å². The van der Waals surface area contributed by atoms with Gasteiger partial charge in [0.2, 0.25) is 0 Å². The van der Waals surface area contributed by atoms with Gasteiger partial charge >= 0.3 is 0 Å². The fourth-order valence-corrected chi connectivity index (χ4v) is 4.05. The highest BCUT2D eigenvalue weighted by Crippen LogP contribution is 2.23. The zero-order chi connectivity index (χ0) is 20.8. The Hall–Kier alpha value is -2.88. The fourth-order valence-electron chi connectivity index (χ4n) is 4.05. The van der Waals surface area contributed by atoms with Crippen LogP contribution < -0.4 is 4.74 Å². The summed E-state index contributed by atoms with van der Waals surface area (Å²) in [6, 6.07) is 19.3. The van der Waals surface area contributed by atoms with E-state index in [2.05, 4.69) is 11.0 Å². The molecular weight excluding hydrogens is 378 g/mol. The quantitative estimate of drug-likeness (QED) is 0.738. The second-order valence-electron chi connectivity index (χ2n) is 7.74. The van der Waals surface area contributed by atoms with Gasteiger partial charge in [-0.2, -0.15) is 5.26 Å². The first-order chi connectivity index (χ1) is 14.7. The Labute approximate surface area is 177 Å². The van der Waals surface area contributed by atoms with Crippen molar-refractivity contribution in [2.75, 3.05) is 39.4 Å². The topological polar surface area (TPSA) is 65.8 Å². The first kappa shape index (κ1) is 20.4. The first-order valence-electron chi connectivity index (χ1n) is 10.6. The zero-order valence-electron chi connectivity index (χ0n) is 17.1. The number of carbonyl (C=O) groups excluding carboxylic acids is 1. The molecule has 2 heterocycles. The van der Waals surface area contributed by atoms with Gasteiger partial charge in [0, 0.05) is 38.3 Å². The average molecular weight is 405 g/mol. The largest absolute Gasteiger partial charge is 0.491 e. The maximum atomic E-state index is 13.0. The maximum Gasteiger partial charge on any atom is 0.254 e. The second-order valence-corrected chi connectivity index (χ2v) is 7.74. The number of piperazine rings is 1. The third-order valence-electron chi connectivity index (χ3n) is 5.75. The van der Waals surface area contributed by atoms with Gasteiger partial charge in [-0.1, -0.05) is 36.4 Å². The van der Waals surface area contributed by atoms with Crippen LogP contribution in [0.1, 0.15) is 34.8 Å². The lowest BCUT2D eigenvalue weighted by Crippen LogP contribution is -2.49. The van der Waals surface area contributed by atoms with Gasteiger partial charge in [-0.3, -0.25) is 9.69 Å². The van der Waals surface area contributed by atoms with Crippen LogP contribution in [0.2, 0.25) is 0 Å². The van der Waals surface area contributed by atoms with Gasteiger partial charge in [-0.15, -0.1) is 0 Å². The molecule has 2 saturated heterocycles. The Morgan fingerprint density at radius 3 is 2.63 bits per heavy atom. The summed E-state index contributed by atoms with van der Waals surface area (Å²) in [5.41, 5.74) is 1.63. The SMILES string of the molecule is N#CC(c1ccccc1)N1CCN(C(=O)c2cccc(OCC3CCCO3)c2)CC1. The van der Waals surface area contributed by atoms with Gasteiger partial charge in [0.15, 0.2) is 0 Å². The summed E-state index contributed by atoms with van der Waals surface area (Å²) in [6.45, 7) is 3.87. The van der Waals surface area contributed by atoms with Crippen LogP contribution in [0.3, 0.4) is 0 Å². The Bertz CT molecular complexity index is 882. The van der Waals surface area contributed by atoms with E-state index >= 15 is 0 Å². The Balaban J connectivity index is 1.34. The third kappa shape index (κ3) is 4.81. The van der Waals surface area contributed by atoms with Crippen LogP contribution in [0.15, 0.2) is 54.6 Å². The molecule has 2 aliphatic rings. The Morgan fingerprint density at radius 1 is 1.13 bits per heavy atom. The van der Waals surface area contributed by atoms with Crippen molar-refractivity contribution in [3.05, 3.63) is 65.7 Å². The van der Waals surface area contributed by atoms with Gasteiger partial charge in [0.05, 0.1) is 12.2 Å². The molecule has 2 aromatic carbocycles. The van der Waals surface area contributed by atoms with Crippen LogP contribution in [-0.2, 0) is 4.74 Å². The Kier molecular flexibility index (Phi) is 6.63. The van der Waals surface area contributed by atoms with Crippen molar-refractivity contribution in [3.63, 3.8) is 0 Å². The number of ether oxygens (including phenoxy) is 2. The minimum Gasteiger partial charge on any atom is -0.491 e. The second kappa shape index (κ2) is 9.75. The van der Waals surface area contributed by atoms with E-state index in [-0.39, 0.29) is 18.1 Å². The fraction of sp³-hybridized carbons (Fsp3) is 0.417. The minimum atomic E-state index is -0.280. The number of amides is 1. The highest BCUT2D eigenvalue weighted by atomic mass is 16.5. The van der Waals surface area contributed by atoms with Crippen molar-refractivity contribution in [2.45, 2.75) is 25.0 Å². The van der Waals surface area contributed by atoms with Crippen LogP contribution in [0.5, 0.6) is 5.75 Å². The predicted molar refractivity (Wildman–Crippen MR) is 113 cm³/mol. The van der Waals surface area contributed by atoms with Crippen molar-refractivity contribution >= 4 is 5.91 Å². The van der Waals surface area contributed by atoms with Gasteiger partial charge in [0.1, 0.15) is 18.4 Å². The number of hydrogen-bond acceptors (Lipinski definition) is 5. The highest BCUT2D eigenvalue weighted by Gasteiger charge is 2.27. The molecule has 0 saturated carbocycles. The van der Waals surface area contributed by atoms with E-state index in [0.717, 1.165) is 25.0 Å². The lowest BCUT2D eigenvalue weighted by atomic mass is 10.1. The van der Waals surface area contributed by atoms with E-state index in [9.17, 15) is 10.1 Å². The van der Waals surface area contributed by atoms with Gasteiger partial charge in [-0.05, 0) is 36.6 Å². The first-order valence-corrected chi connectivity index (χ1v) is 10.6. The summed E-state index contributed by atoms with van der Waals surface area (Å²) in [5, 5.41) is 9.65. The molecule has 6 nitrogen and oxygen atoms in total. The standard InChI is InChI=1S/C24H27N3O3/c25-17-23(19-6-2-1-3-7-19)26-11-13-27(14-12-26)24(28)20-8-4-9-21(16-20)30-18-22-10-5-15-29-22/h1-4,6-9,16,22-23H,5,10-15,18H2. The van der Waals surface area contributed by atoms with Crippen LogP contribution in [0.4, 0.5) is 0 Å². The van der Waals surface area contributed by atoms with Crippen molar-refractivity contribution in [2.24, 2.45) is 0 Å². The van der Waals surface area contributed by atoms with E-state index in [4.69, 9.17) is 9.47 Å². The smallest absolute Gasteiger partial charge is 0.254 e. The van der Waals surface area contributed by atoms with Gasteiger partial charge in [0.25, 0.3) is 5.91 Å². The van der Waals surface area contributed by atoms with Crippen LogP contribution in [0.25, 0.3) is 0 Å². The van der Waals surface area contributed by atoms with Crippen molar-refractivity contribution in [3.8, 4) is 11.8 Å². The van der Waals surface area contributed by atoms with E-state index in [1.807, 2.05) is 59.5 Å². The molecule has 0 aromatic heterocycles. The highest BCUT2D eigenvalue weighted by molar-refractivity contribution is 5.94. The molecule has 6 heteroatoms. The summed E-state index contributed by atoms with van der Waals surface area (Å²) in [6.07, 6.45) is 2.25. The third-order valence-corrected chi connectivity index (χ3v) is 5.75. The number of nitrogens with zero attached hydrogens (tertiary/aromatic N) is 3. The summed E-state index contributed by atoms with van der Waals surface area (Å²) >= 11 is 0.